The average Bonchev–Trinajstić information content (AvgIpc) is 3.48. The first-order valence-corrected chi connectivity index (χ1v) is 13.5. The number of aliphatic hydroxyl groups is 1. The van der Waals surface area contributed by atoms with Gasteiger partial charge in [0.15, 0.2) is 11.5 Å². The largest absolute Gasteiger partial charge is 0.486 e. The Morgan fingerprint density at radius 2 is 2.08 bits per heavy atom. The summed E-state index contributed by atoms with van der Waals surface area (Å²) in [6.45, 7) is 5.73. The number of para-hydroxylation sites is 2. The highest BCUT2D eigenvalue weighted by Gasteiger charge is 2.56. The number of carboxylic acid groups (broad SMARTS) is 1. The van der Waals surface area contributed by atoms with Gasteiger partial charge in [0, 0.05) is 49.0 Å². The maximum Gasteiger partial charge on any atom is 0.353 e. The van der Waals surface area contributed by atoms with Gasteiger partial charge in [-0.2, -0.15) is 0 Å². The van der Waals surface area contributed by atoms with Crippen LogP contribution in [0, 0.1) is 11.3 Å². The summed E-state index contributed by atoms with van der Waals surface area (Å²) in [4.78, 5) is 29.6. The molecule has 1 saturated heterocycles. The first kappa shape index (κ1) is 32.9. The van der Waals surface area contributed by atoms with Crippen LogP contribution in [0.25, 0.3) is 0 Å². The number of hydrogen-bond donors (Lipinski definition) is 4. The molecule has 2 aromatic rings. The molecule has 3 aliphatic rings. The summed E-state index contributed by atoms with van der Waals surface area (Å²) in [5.41, 5.74) is 0.0525. The number of rotatable bonds is 10. The fourth-order valence-electron chi connectivity index (χ4n) is 4.85. The lowest BCUT2D eigenvalue weighted by molar-refractivity contribution is -0.161. The molecule has 0 bridgehead atoms. The zero-order chi connectivity index (χ0) is 27.2. The molecule has 0 aliphatic carbocycles. The van der Waals surface area contributed by atoms with E-state index in [1.807, 2.05) is 36.7 Å². The van der Waals surface area contributed by atoms with Crippen LogP contribution in [0.2, 0.25) is 0 Å². The maximum absolute atomic E-state index is 11.9. The first-order valence-electron chi connectivity index (χ1n) is 12.6. The van der Waals surface area contributed by atoms with E-state index < -0.39 is 18.0 Å². The van der Waals surface area contributed by atoms with Crippen LogP contribution in [-0.4, -0.2) is 85.5 Å². The number of β-lactam (4-membered cyclic amide) rings is 1. The standard InChI is InChI=1S/C14H16N2O2.C12H17N3O4S.ClH.H2O/c1-2-16-8-7-15-14(16)9-11-10-17-12-5-3-4-6-13(12)18-11;1-6(16)9-7-4-8(20-3-2-14-5-13)10(12(18)19)15(7)11(9)17;;/h3-8,11H,2,9-10H2,1H3;5-7,9,16H,2-4H2,1H3,(H2,13,14)(H,18,19);1H;1H2/t;6-,7-,9-;;/m.1../s1. The van der Waals surface area contributed by atoms with Crippen LogP contribution in [0.15, 0.2) is 47.3 Å². The van der Waals surface area contributed by atoms with Crippen molar-refractivity contribution >= 4 is 42.4 Å². The monoisotopic (exact) mass is 597 g/mol. The number of thioether (sulfide) groups is 1. The van der Waals surface area contributed by atoms with Gasteiger partial charge in [-0.15, -0.1) is 24.2 Å². The van der Waals surface area contributed by atoms with Crippen molar-refractivity contribution in [2.24, 2.45) is 5.92 Å². The number of amides is 1. The van der Waals surface area contributed by atoms with Gasteiger partial charge >= 0.3 is 5.97 Å². The maximum atomic E-state index is 11.9. The molecule has 1 aromatic carbocycles. The van der Waals surface area contributed by atoms with Crippen molar-refractivity contribution in [1.29, 1.82) is 5.41 Å². The van der Waals surface area contributed by atoms with Crippen LogP contribution in [-0.2, 0) is 22.6 Å². The van der Waals surface area contributed by atoms with E-state index in [0.717, 1.165) is 36.6 Å². The van der Waals surface area contributed by atoms with Crippen molar-refractivity contribution in [3.63, 3.8) is 0 Å². The van der Waals surface area contributed by atoms with E-state index in [0.29, 0.717) is 30.2 Å². The number of benzene rings is 1. The first-order chi connectivity index (χ1) is 18.3. The number of imidazole rings is 1. The van der Waals surface area contributed by atoms with Crippen LogP contribution in [0.4, 0.5) is 0 Å². The van der Waals surface area contributed by atoms with Crippen molar-refractivity contribution in [3.05, 3.63) is 53.1 Å². The van der Waals surface area contributed by atoms with E-state index in [-0.39, 0.29) is 41.6 Å². The van der Waals surface area contributed by atoms with Gasteiger partial charge in [0.25, 0.3) is 0 Å². The summed E-state index contributed by atoms with van der Waals surface area (Å²) in [6, 6.07) is 7.54. The van der Waals surface area contributed by atoms with E-state index >= 15 is 0 Å². The number of aliphatic carboxylic acids is 1. The predicted molar refractivity (Wildman–Crippen MR) is 153 cm³/mol. The zero-order valence-electron chi connectivity index (χ0n) is 22.3. The molecule has 1 fully saturated rings. The fraction of sp³-hybridized carbons (Fsp3) is 0.462. The van der Waals surface area contributed by atoms with Crippen molar-refractivity contribution in [1.82, 2.24) is 19.8 Å². The van der Waals surface area contributed by atoms with Gasteiger partial charge in [0.2, 0.25) is 5.91 Å². The highest BCUT2D eigenvalue weighted by Crippen LogP contribution is 2.46. The minimum Gasteiger partial charge on any atom is -0.486 e. The summed E-state index contributed by atoms with van der Waals surface area (Å²) in [5.74, 6) is 1.40. The number of aliphatic hydroxyl groups excluding tert-OH is 1. The number of nitrogens with one attached hydrogen (secondary N) is 2. The second-order valence-corrected chi connectivity index (χ2v) is 10.3. The third kappa shape index (κ3) is 7.08. The van der Waals surface area contributed by atoms with E-state index in [1.165, 1.54) is 16.7 Å². The number of fused-ring (bicyclic) bond motifs is 2. The van der Waals surface area contributed by atoms with Crippen molar-refractivity contribution in [2.45, 2.75) is 51.5 Å². The molecule has 220 valence electrons. The Labute approximate surface area is 243 Å². The van der Waals surface area contributed by atoms with Gasteiger partial charge in [-0.3, -0.25) is 10.2 Å². The van der Waals surface area contributed by atoms with Crippen LogP contribution in [0.5, 0.6) is 11.5 Å². The SMILES string of the molecule is CCn1ccnc1CC1COc2ccccc2O1.C[C@@H](O)[C@H]1C(=O)N2C(C(=O)O)=C(SCCNC=N)C[C@H]12.Cl.O. The molecule has 1 amide bonds. The molecule has 1 unspecified atom stereocenters. The molecule has 6 N–H and O–H groups in total. The number of aryl methyl sites for hydroxylation is 1. The summed E-state index contributed by atoms with van der Waals surface area (Å²) < 4.78 is 13.8. The smallest absolute Gasteiger partial charge is 0.353 e. The third-order valence-electron chi connectivity index (χ3n) is 6.64. The highest BCUT2D eigenvalue weighted by atomic mass is 35.5. The van der Waals surface area contributed by atoms with Gasteiger partial charge < -0.3 is 39.9 Å². The molecule has 40 heavy (non-hydrogen) atoms. The summed E-state index contributed by atoms with van der Waals surface area (Å²) in [6.07, 6.45) is 5.44. The predicted octanol–water partition coefficient (Wildman–Crippen LogP) is 1.71. The van der Waals surface area contributed by atoms with Gasteiger partial charge in [0.05, 0.1) is 24.4 Å². The molecule has 4 atom stereocenters. The summed E-state index contributed by atoms with van der Waals surface area (Å²) >= 11 is 1.38. The fourth-order valence-corrected chi connectivity index (χ4v) is 5.93. The lowest BCUT2D eigenvalue weighted by atomic mass is 9.83. The van der Waals surface area contributed by atoms with Crippen molar-refractivity contribution in [3.8, 4) is 11.5 Å². The molecule has 4 heterocycles. The summed E-state index contributed by atoms with van der Waals surface area (Å²) in [7, 11) is 0. The van der Waals surface area contributed by atoms with Gasteiger partial charge in [0.1, 0.15) is 24.2 Å². The Morgan fingerprint density at radius 3 is 2.73 bits per heavy atom. The highest BCUT2D eigenvalue weighted by molar-refractivity contribution is 8.03. The van der Waals surface area contributed by atoms with E-state index in [1.54, 1.807) is 6.92 Å². The second kappa shape index (κ2) is 14.9. The Hall–Kier alpha value is -3.26. The number of ether oxygens (including phenoxy) is 2. The molecule has 12 nitrogen and oxygen atoms in total. The normalized spacial score (nSPS) is 21.0. The molecular formula is C26H36ClN5O7S. The molecule has 0 radical (unpaired) electrons. The molecule has 14 heteroatoms. The van der Waals surface area contributed by atoms with Gasteiger partial charge in [-0.1, -0.05) is 12.1 Å². The molecular weight excluding hydrogens is 562 g/mol. The van der Waals surface area contributed by atoms with Crippen molar-refractivity contribution in [2.75, 3.05) is 18.9 Å². The number of carbonyl (C=O) groups is 2. The van der Waals surface area contributed by atoms with Gasteiger partial charge in [-0.25, -0.2) is 9.78 Å². The zero-order valence-corrected chi connectivity index (χ0v) is 23.9. The Morgan fingerprint density at radius 1 is 1.35 bits per heavy atom. The molecule has 3 aliphatic heterocycles. The summed E-state index contributed by atoms with van der Waals surface area (Å²) in [5, 5.41) is 28.4. The number of hydrogen-bond acceptors (Lipinski definition) is 8. The van der Waals surface area contributed by atoms with Crippen LogP contribution < -0.4 is 14.8 Å². The minimum atomic E-state index is -1.10. The van der Waals surface area contributed by atoms with Crippen molar-refractivity contribution < 1.29 is 34.8 Å². The van der Waals surface area contributed by atoms with Crippen LogP contribution in [0.1, 0.15) is 26.1 Å². The van der Waals surface area contributed by atoms with E-state index in [2.05, 4.69) is 21.8 Å². The Kier molecular flexibility index (Phi) is 12.3. The number of carboxylic acids is 1. The molecule has 5 rings (SSSR count). The number of nitrogens with zero attached hydrogens (tertiary/aromatic N) is 3. The molecule has 0 spiro atoms. The Bertz CT molecular complexity index is 1210. The molecule has 1 aromatic heterocycles. The quantitative estimate of drug-likeness (QED) is 0.137. The van der Waals surface area contributed by atoms with Crippen LogP contribution >= 0.6 is 24.2 Å². The Balaban J connectivity index is 0.000000268. The topological polar surface area (TPSA) is 182 Å². The number of aromatic nitrogens is 2. The lowest BCUT2D eigenvalue weighted by Crippen LogP contribution is -2.61. The van der Waals surface area contributed by atoms with E-state index in [4.69, 9.17) is 14.9 Å². The average molecular weight is 598 g/mol. The van der Waals surface area contributed by atoms with Crippen LogP contribution in [0.3, 0.4) is 0 Å². The number of carbonyl (C=O) groups excluding carboxylic acids is 1. The van der Waals surface area contributed by atoms with E-state index in [9.17, 15) is 19.8 Å². The minimum absolute atomic E-state index is 0. The molecule has 0 saturated carbocycles. The lowest BCUT2D eigenvalue weighted by Gasteiger charge is -2.44. The van der Waals surface area contributed by atoms with Gasteiger partial charge in [-0.05, 0) is 26.0 Å². The number of halogens is 1. The second-order valence-electron chi connectivity index (χ2n) is 9.10. The third-order valence-corrected chi connectivity index (χ3v) is 7.75.